The molecule has 0 heterocycles. The highest BCUT2D eigenvalue weighted by Crippen LogP contribution is 2.16. The summed E-state index contributed by atoms with van der Waals surface area (Å²) in [7, 11) is -1.33. The number of hydrogen-bond acceptors (Lipinski definition) is 2. The van der Waals surface area contributed by atoms with Crippen LogP contribution in [-0.4, -0.2) is 34.1 Å². The van der Waals surface area contributed by atoms with Gasteiger partial charge in [0, 0.05) is 41.7 Å². The molecule has 0 spiro atoms. The summed E-state index contributed by atoms with van der Waals surface area (Å²) in [4.78, 5) is 11.0. The maximum absolute atomic E-state index is 12.4. The Labute approximate surface area is 91.1 Å². The third-order valence-electron chi connectivity index (χ3n) is 1.70. The van der Waals surface area contributed by atoms with E-state index in [1.807, 2.05) is 0 Å². The first-order chi connectivity index (χ1) is 6.85. The predicted molar refractivity (Wildman–Crippen MR) is 56.4 cm³/mol. The molecule has 0 bridgehead atoms. The molecule has 1 N–H and O–H groups in total. The summed E-state index contributed by atoms with van der Waals surface area (Å²) in [5.41, 5.74) is 0. The van der Waals surface area contributed by atoms with Gasteiger partial charge in [0.1, 0.15) is 0 Å². The lowest BCUT2D eigenvalue weighted by atomic mass is 10.3. The molecule has 0 saturated carbocycles. The van der Waals surface area contributed by atoms with Crippen molar-refractivity contribution in [2.75, 3.05) is 18.1 Å². The number of alkyl halides is 2. The van der Waals surface area contributed by atoms with Crippen LogP contribution in [0.3, 0.4) is 0 Å². The van der Waals surface area contributed by atoms with Gasteiger partial charge in [-0.2, -0.15) is 0 Å². The minimum Gasteiger partial charge on any atom is -0.356 e. The van der Waals surface area contributed by atoms with E-state index in [9.17, 15) is 17.8 Å². The van der Waals surface area contributed by atoms with Crippen molar-refractivity contribution in [1.29, 1.82) is 0 Å². The van der Waals surface area contributed by atoms with Crippen LogP contribution in [0.1, 0.15) is 26.7 Å². The second kappa shape index (κ2) is 6.87. The van der Waals surface area contributed by atoms with Gasteiger partial charge < -0.3 is 5.32 Å². The van der Waals surface area contributed by atoms with Crippen molar-refractivity contribution in [2.24, 2.45) is 0 Å². The van der Waals surface area contributed by atoms with E-state index >= 15 is 0 Å². The highest BCUT2D eigenvalue weighted by atomic mass is 32.2. The van der Waals surface area contributed by atoms with Gasteiger partial charge in [-0.1, -0.05) is 0 Å². The van der Waals surface area contributed by atoms with Crippen molar-refractivity contribution < 1.29 is 17.8 Å². The molecule has 0 aromatic rings. The number of carbonyl (C=O) groups excluding carboxylic acids is 1. The molecule has 6 heteroatoms. The monoisotopic (exact) mass is 241 g/mol. The molecule has 1 unspecified atom stereocenters. The van der Waals surface area contributed by atoms with Crippen LogP contribution in [0.5, 0.6) is 0 Å². The summed E-state index contributed by atoms with van der Waals surface area (Å²) >= 11 is 0. The number of halogens is 2. The van der Waals surface area contributed by atoms with Gasteiger partial charge >= 0.3 is 0 Å². The van der Waals surface area contributed by atoms with Crippen LogP contribution in [-0.2, 0) is 15.6 Å². The second-order valence-corrected chi connectivity index (χ2v) is 5.07. The van der Waals surface area contributed by atoms with Crippen LogP contribution in [0.2, 0.25) is 0 Å². The molecule has 0 radical (unpaired) electrons. The Bertz CT molecular complexity index is 229. The van der Waals surface area contributed by atoms with E-state index < -0.39 is 23.1 Å². The summed E-state index contributed by atoms with van der Waals surface area (Å²) in [6.45, 7) is 3.11. The van der Waals surface area contributed by atoms with Gasteiger partial charge in [-0.15, -0.1) is 0 Å². The SMILES string of the molecule is CCNC(=O)CCS(=O)CCC(C)(F)F. The van der Waals surface area contributed by atoms with Crippen LogP contribution in [0.25, 0.3) is 0 Å². The van der Waals surface area contributed by atoms with Gasteiger partial charge in [-0.25, -0.2) is 8.78 Å². The molecule has 15 heavy (non-hydrogen) atoms. The predicted octanol–water partition coefficient (Wildman–Crippen LogP) is 1.31. The molecule has 1 atom stereocenters. The largest absolute Gasteiger partial charge is 0.356 e. The van der Waals surface area contributed by atoms with Crippen molar-refractivity contribution in [3.05, 3.63) is 0 Å². The molecule has 0 aromatic carbocycles. The minimum absolute atomic E-state index is 0.0527. The Morgan fingerprint density at radius 2 is 2.00 bits per heavy atom. The highest BCUT2D eigenvalue weighted by molar-refractivity contribution is 7.84. The average Bonchev–Trinajstić information content (AvgIpc) is 2.11. The molecule has 90 valence electrons. The summed E-state index contributed by atoms with van der Waals surface area (Å²) in [5, 5.41) is 2.55. The van der Waals surface area contributed by atoms with Gasteiger partial charge in [0.05, 0.1) is 0 Å². The number of nitrogens with one attached hydrogen (secondary N) is 1. The molecule has 0 aliphatic rings. The van der Waals surface area contributed by atoms with Crippen molar-refractivity contribution >= 4 is 16.7 Å². The van der Waals surface area contributed by atoms with Crippen LogP contribution < -0.4 is 5.32 Å². The maximum atomic E-state index is 12.4. The number of amides is 1. The quantitative estimate of drug-likeness (QED) is 0.730. The molecule has 0 rings (SSSR count). The van der Waals surface area contributed by atoms with Gasteiger partial charge in [-0.05, 0) is 13.8 Å². The maximum Gasteiger partial charge on any atom is 0.246 e. The van der Waals surface area contributed by atoms with Gasteiger partial charge in [0.2, 0.25) is 11.8 Å². The van der Waals surface area contributed by atoms with E-state index in [-0.39, 0.29) is 23.8 Å². The smallest absolute Gasteiger partial charge is 0.246 e. The van der Waals surface area contributed by atoms with E-state index in [1.54, 1.807) is 6.92 Å². The molecule has 0 fully saturated rings. The molecule has 0 aromatic heterocycles. The standard InChI is InChI=1S/C9H17F2NO2S/c1-3-12-8(13)4-6-15(14)7-5-9(2,10)11/h3-7H2,1-2H3,(H,12,13). The van der Waals surface area contributed by atoms with Gasteiger partial charge in [-0.3, -0.25) is 9.00 Å². The van der Waals surface area contributed by atoms with Crippen molar-refractivity contribution in [3.63, 3.8) is 0 Å². The molecular formula is C9H17F2NO2S. The van der Waals surface area contributed by atoms with Crippen LogP contribution in [0.15, 0.2) is 0 Å². The van der Waals surface area contributed by atoms with Crippen molar-refractivity contribution in [2.45, 2.75) is 32.6 Å². The topological polar surface area (TPSA) is 46.2 Å². The number of hydrogen-bond donors (Lipinski definition) is 1. The molecule has 0 saturated heterocycles. The van der Waals surface area contributed by atoms with E-state index in [4.69, 9.17) is 0 Å². The molecule has 1 amide bonds. The summed E-state index contributed by atoms with van der Waals surface area (Å²) < 4.78 is 36.0. The lowest BCUT2D eigenvalue weighted by Crippen LogP contribution is -2.25. The minimum atomic E-state index is -2.78. The zero-order chi connectivity index (χ0) is 11.9. The Balaban J connectivity index is 3.62. The van der Waals surface area contributed by atoms with Crippen molar-refractivity contribution in [1.82, 2.24) is 5.32 Å². The molecule has 3 nitrogen and oxygen atoms in total. The fraction of sp³-hybridized carbons (Fsp3) is 0.889. The molecule has 0 aliphatic heterocycles. The Morgan fingerprint density at radius 1 is 1.40 bits per heavy atom. The van der Waals surface area contributed by atoms with E-state index in [0.717, 1.165) is 6.92 Å². The fourth-order valence-corrected chi connectivity index (χ4v) is 2.09. The first kappa shape index (κ1) is 14.5. The third-order valence-corrected chi connectivity index (χ3v) is 3.02. The zero-order valence-electron chi connectivity index (χ0n) is 9.02. The van der Waals surface area contributed by atoms with E-state index in [2.05, 4.69) is 5.32 Å². The lowest BCUT2D eigenvalue weighted by molar-refractivity contribution is -0.120. The molecule has 0 aliphatic carbocycles. The fourth-order valence-electron chi connectivity index (χ4n) is 0.887. The number of carbonyl (C=O) groups is 1. The third kappa shape index (κ3) is 9.78. The van der Waals surface area contributed by atoms with E-state index in [1.165, 1.54) is 0 Å². The Kier molecular flexibility index (Phi) is 6.63. The summed E-state index contributed by atoms with van der Waals surface area (Å²) in [6.07, 6.45) is -0.259. The normalized spacial score (nSPS) is 13.6. The number of rotatable bonds is 7. The zero-order valence-corrected chi connectivity index (χ0v) is 9.83. The molecular weight excluding hydrogens is 224 g/mol. The van der Waals surface area contributed by atoms with Crippen LogP contribution in [0.4, 0.5) is 8.78 Å². The van der Waals surface area contributed by atoms with Crippen LogP contribution in [0, 0.1) is 0 Å². The average molecular weight is 241 g/mol. The Hall–Kier alpha value is -0.520. The highest BCUT2D eigenvalue weighted by Gasteiger charge is 2.21. The summed E-state index contributed by atoms with van der Waals surface area (Å²) in [6, 6.07) is 0. The summed E-state index contributed by atoms with van der Waals surface area (Å²) in [5.74, 6) is -2.86. The second-order valence-electron chi connectivity index (χ2n) is 3.37. The van der Waals surface area contributed by atoms with Crippen LogP contribution >= 0.6 is 0 Å². The van der Waals surface area contributed by atoms with Gasteiger partial charge in [0.25, 0.3) is 0 Å². The van der Waals surface area contributed by atoms with Gasteiger partial charge in [0.15, 0.2) is 0 Å². The van der Waals surface area contributed by atoms with Crippen molar-refractivity contribution in [3.8, 4) is 0 Å². The van der Waals surface area contributed by atoms with E-state index in [0.29, 0.717) is 6.54 Å². The lowest BCUT2D eigenvalue weighted by Gasteiger charge is -2.09. The first-order valence-electron chi connectivity index (χ1n) is 4.84. The Morgan fingerprint density at radius 3 is 2.47 bits per heavy atom. The first-order valence-corrected chi connectivity index (χ1v) is 6.33.